The van der Waals surface area contributed by atoms with Crippen LogP contribution in [0, 0.1) is 5.92 Å². The zero-order chi connectivity index (χ0) is 5.28. The number of carbonyl (C=O) groups excluding carboxylic acids is 1. The van der Waals surface area contributed by atoms with Gasteiger partial charge in [0.15, 0.2) is 0 Å². The molecule has 0 unspecified atom stereocenters. The predicted octanol–water partition coefficient (Wildman–Crippen LogP) is 0.306. The molecule has 1 saturated heterocycles. The first-order chi connectivity index (χ1) is 3.30. The summed E-state index contributed by atoms with van der Waals surface area (Å²) in [6.07, 6.45) is 0. The monoisotopic (exact) mass is 117 g/mol. The van der Waals surface area contributed by atoms with Gasteiger partial charge in [-0.2, -0.15) is 11.8 Å². The molecule has 1 radical (unpaired) electrons. The van der Waals surface area contributed by atoms with E-state index in [2.05, 4.69) is 0 Å². The molecule has 0 N–H and O–H groups in total. The van der Waals surface area contributed by atoms with Crippen LogP contribution in [0.25, 0.3) is 0 Å². The Bertz CT molecular complexity index is 87.7. The zero-order valence-electron chi connectivity index (χ0n) is 3.72. The molecule has 0 aromatic heterocycles. The Kier molecular flexibility index (Phi) is 1.23. The van der Waals surface area contributed by atoms with Crippen molar-refractivity contribution in [1.82, 2.24) is 0 Å². The third kappa shape index (κ3) is 0.881. The van der Waals surface area contributed by atoms with Gasteiger partial charge in [-0.05, 0) is 0 Å². The lowest BCUT2D eigenvalue weighted by atomic mass is 10.2. The highest BCUT2D eigenvalue weighted by Gasteiger charge is 2.26. The normalized spacial score (nSPS) is 21.1. The summed E-state index contributed by atoms with van der Waals surface area (Å²) in [7, 11) is 0. The summed E-state index contributed by atoms with van der Waals surface area (Å²) in [5.74, 6) is 0.466. The largest absolute Gasteiger partial charge is 0.360 e. The van der Waals surface area contributed by atoms with Gasteiger partial charge in [0.05, 0.1) is 5.92 Å². The maximum absolute atomic E-state index is 9.86. The van der Waals surface area contributed by atoms with E-state index in [1.165, 1.54) is 0 Å². The molecule has 0 saturated carbocycles. The Labute approximate surface area is 45.9 Å². The molecule has 2 nitrogen and oxygen atoms in total. The van der Waals surface area contributed by atoms with E-state index in [-0.39, 0.29) is 5.92 Å². The van der Waals surface area contributed by atoms with Gasteiger partial charge in [-0.3, -0.25) is 0 Å². The first-order valence-electron chi connectivity index (χ1n) is 2.09. The topological polar surface area (TPSA) is 37.0 Å². The van der Waals surface area contributed by atoms with Crippen LogP contribution in [-0.4, -0.2) is 17.5 Å². The summed E-state index contributed by atoms with van der Waals surface area (Å²) < 4.78 is 0. The molecule has 0 bridgehead atoms. The van der Waals surface area contributed by atoms with Crippen molar-refractivity contribution in [2.45, 2.75) is 0 Å². The molecule has 0 amide bonds. The zero-order valence-corrected chi connectivity index (χ0v) is 4.53. The molecule has 1 rings (SSSR count). The van der Waals surface area contributed by atoms with Crippen LogP contribution >= 0.6 is 11.8 Å². The molecule has 1 aliphatic heterocycles. The van der Waals surface area contributed by atoms with Crippen molar-refractivity contribution in [3.05, 3.63) is 0 Å². The van der Waals surface area contributed by atoms with Crippen LogP contribution in [0.5, 0.6) is 0 Å². The van der Waals surface area contributed by atoms with Crippen molar-refractivity contribution >= 4 is 17.7 Å². The molecule has 3 heteroatoms. The minimum absolute atomic E-state index is 0.148. The first-order valence-corrected chi connectivity index (χ1v) is 3.25. The predicted molar refractivity (Wildman–Crippen MR) is 26.5 cm³/mol. The molecule has 39 valence electrons. The summed E-state index contributed by atoms with van der Waals surface area (Å²) in [5, 5.41) is 9.86. The van der Waals surface area contributed by atoms with Gasteiger partial charge in [0, 0.05) is 11.5 Å². The SMILES string of the molecule is [O]C(=O)C1CSC1. The second-order valence-corrected chi connectivity index (χ2v) is 2.63. The van der Waals surface area contributed by atoms with E-state index in [0.29, 0.717) is 0 Å². The number of carbonyl (C=O) groups is 1. The summed E-state index contributed by atoms with van der Waals surface area (Å²) in [6, 6.07) is 0. The van der Waals surface area contributed by atoms with Crippen molar-refractivity contribution in [2.24, 2.45) is 5.92 Å². The molecule has 0 aromatic carbocycles. The maximum atomic E-state index is 9.86. The lowest BCUT2D eigenvalue weighted by Crippen LogP contribution is -2.25. The smallest absolute Gasteiger partial charge is 0.247 e. The molecule has 0 aromatic rings. The van der Waals surface area contributed by atoms with Crippen LogP contribution in [0.15, 0.2) is 0 Å². The van der Waals surface area contributed by atoms with E-state index in [0.717, 1.165) is 11.5 Å². The van der Waals surface area contributed by atoms with Gasteiger partial charge >= 0.3 is 5.97 Å². The van der Waals surface area contributed by atoms with Gasteiger partial charge in [0.2, 0.25) is 0 Å². The fourth-order valence-electron chi connectivity index (χ4n) is 0.372. The van der Waals surface area contributed by atoms with Crippen LogP contribution in [0.3, 0.4) is 0 Å². The summed E-state index contributed by atoms with van der Waals surface area (Å²) in [6.45, 7) is 0. The van der Waals surface area contributed by atoms with Gasteiger partial charge in [-0.25, -0.2) is 9.90 Å². The Morgan fingerprint density at radius 2 is 2.14 bits per heavy atom. The molecule has 1 aliphatic rings. The minimum Gasteiger partial charge on any atom is -0.247 e. The first kappa shape index (κ1) is 4.97. The van der Waals surface area contributed by atoms with Crippen LogP contribution < -0.4 is 0 Å². The molecular formula is C4H5O2S. The molecule has 0 spiro atoms. The number of rotatable bonds is 1. The number of hydrogen-bond acceptors (Lipinski definition) is 2. The van der Waals surface area contributed by atoms with E-state index in [1.807, 2.05) is 0 Å². The van der Waals surface area contributed by atoms with Gasteiger partial charge in [-0.15, -0.1) is 0 Å². The highest BCUT2D eigenvalue weighted by atomic mass is 32.2. The van der Waals surface area contributed by atoms with Gasteiger partial charge in [-0.1, -0.05) is 0 Å². The Balaban J connectivity index is 2.27. The maximum Gasteiger partial charge on any atom is 0.360 e. The highest BCUT2D eigenvalue weighted by Crippen LogP contribution is 2.24. The number of hydrogen-bond donors (Lipinski definition) is 0. The van der Waals surface area contributed by atoms with Crippen LogP contribution in [-0.2, 0) is 9.90 Å². The third-order valence-electron chi connectivity index (χ3n) is 0.971. The van der Waals surface area contributed by atoms with Crippen LogP contribution in [0.4, 0.5) is 0 Å². The molecule has 1 heterocycles. The molecule has 0 aliphatic carbocycles. The van der Waals surface area contributed by atoms with Crippen molar-refractivity contribution < 1.29 is 9.90 Å². The quantitative estimate of drug-likeness (QED) is 0.495. The Morgan fingerprint density at radius 3 is 2.14 bits per heavy atom. The standard InChI is InChI=1S/C4H5O2S/c5-4(6)3-1-7-2-3/h3H,1-2H2. The third-order valence-corrected chi connectivity index (χ3v) is 2.25. The molecular weight excluding hydrogens is 112 g/mol. The molecule has 0 atom stereocenters. The summed E-state index contributed by atoms with van der Waals surface area (Å²) in [4.78, 5) is 9.86. The second kappa shape index (κ2) is 1.74. The van der Waals surface area contributed by atoms with Crippen molar-refractivity contribution in [3.8, 4) is 0 Å². The van der Waals surface area contributed by atoms with Crippen LogP contribution in [0.2, 0.25) is 0 Å². The fraction of sp³-hybridized carbons (Fsp3) is 0.750. The Hall–Kier alpha value is -0.180. The summed E-state index contributed by atoms with van der Waals surface area (Å²) >= 11 is 1.65. The van der Waals surface area contributed by atoms with E-state index in [1.54, 1.807) is 11.8 Å². The lowest BCUT2D eigenvalue weighted by molar-refractivity contribution is -0.146. The average molecular weight is 117 g/mol. The van der Waals surface area contributed by atoms with Gasteiger partial charge in [0.1, 0.15) is 0 Å². The average Bonchev–Trinajstić information content (AvgIpc) is 1.23. The van der Waals surface area contributed by atoms with E-state index in [4.69, 9.17) is 0 Å². The molecule has 7 heavy (non-hydrogen) atoms. The second-order valence-electron chi connectivity index (χ2n) is 1.55. The fourth-order valence-corrected chi connectivity index (χ4v) is 1.12. The van der Waals surface area contributed by atoms with Crippen molar-refractivity contribution in [3.63, 3.8) is 0 Å². The van der Waals surface area contributed by atoms with Crippen molar-refractivity contribution in [1.29, 1.82) is 0 Å². The minimum atomic E-state index is -0.890. The number of thioether (sulfide) groups is 1. The van der Waals surface area contributed by atoms with Crippen molar-refractivity contribution in [2.75, 3.05) is 11.5 Å². The van der Waals surface area contributed by atoms with E-state index >= 15 is 0 Å². The van der Waals surface area contributed by atoms with E-state index < -0.39 is 5.97 Å². The lowest BCUT2D eigenvalue weighted by Gasteiger charge is -2.17. The van der Waals surface area contributed by atoms with E-state index in [9.17, 15) is 9.90 Å². The molecule has 1 fully saturated rings. The van der Waals surface area contributed by atoms with Gasteiger partial charge in [0.25, 0.3) is 0 Å². The summed E-state index contributed by atoms with van der Waals surface area (Å²) in [5.41, 5.74) is 0. The van der Waals surface area contributed by atoms with Gasteiger partial charge < -0.3 is 0 Å². The highest BCUT2D eigenvalue weighted by molar-refractivity contribution is 8.00. The Morgan fingerprint density at radius 1 is 1.57 bits per heavy atom. The van der Waals surface area contributed by atoms with Crippen LogP contribution in [0.1, 0.15) is 0 Å².